The van der Waals surface area contributed by atoms with E-state index in [-0.39, 0.29) is 4.90 Å². The number of aryl methyl sites for hydroxylation is 1. The zero-order valence-corrected chi connectivity index (χ0v) is 16.0. The second-order valence-corrected chi connectivity index (χ2v) is 8.49. The van der Waals surface area contributed by atoms with Crippen LogP contribution in [0.3, 0.4) is 0 Å². The summed E-state index contributed by atoms with van der Waals surface area (Å²) >= 11 is 0. The summed E-state index contributed by atoms with van der Waals surface area (Å²) in [5.74, 6) is -0.410. The van der Waals surface area contributed by atoms with Gasteiger partial charge in [-0.2, -0.15) is 0 Å². The molecule has 1 heterocycles. The molecule has 1 N–H and O–H groups in total. The molecule has 0 saturated carbocycles. The maximum Gasteiger partial charge on any atom is 0.260 e. The number of hydrogen-bond donors (Lipinski definition) is 1. The Morgan fingerprint density at radius 3 is 2.32 bits per heavy atom. The van der Waals surface area contributed by atoms with E-state index in [0.29, 0.717) is 11.3 Å². The number of hydrazine groups is 1. The van der Waals surface area contributed by atoms with Gasteiger partial charge >= 0.3 is 0 Å². The van der Waals surface area contributed by atoms with Gasteiger partial charge in [-0.3, -0.25) is 0 Å². The van der Waals surface area contributed by atoms with Gasteiger partial charge in [0.1, 0.15) is 5.82 Å². The average Bonchev–Trinajstić information content (AvgIpc) is 3.15. The summed E-state index contributed by atoms with van der Waals surface area (Å²) in [6.45, 7) is 1.90. The van der Waals surface area contributed by atoms with Crippen LogP contribution >= 0.6 is 0 Å². The summed E-state index contributed by atoms with van der Waals surface area (Å²) in [6, 6.07) is 21.4. The van der Waals surface area contributed by atoms with Crippen molar-refractivity contribution < 1.29 is 12.8 Å². The summed E-state index contributed by atoms with van der Waals surface area (Å²) in [4.78, 5) is 0.176. The molecule has 1 unspecified atom stereocenters. The third-order valence-electron chi connectivity index (χ3n) is 4.66. The first-order chi connectivity index (χ1) is 13.4. The van der Waals surface area contributed by atoms with Gasteiger partial charge in [-0.05, 0) is 48.4 Å². The average molecular weight is 394 g/mol. The molecule has 0 fully saturated rings. The topological polar surface area (TPSA) is 49.4 Å². The van der Waals surface area contributed by atoms with Gasteiger partial charge in [-0.1, -0.05) is 60.2 Å². The maximum absolute atomic E-state index is 13.8. The molecule has 1 atom stereocenters. The Morgan fingerprint density at radius 1 is 0.929 bits per heavy atom. The Bertz CT molecular complexity index is 1130. The van der Waals surface area contributed by atoms with Crippen molar-refractivity contribution in [2.45, 2.75) is 17.9 Å². The van der Waals surface area contributed by atoms with Crippen molar-refractivity contribution in [1.82, 2.24) is 9.84 Å². The first kappa shape index (κ1) is 18.4. The molecule has 142 valence electrons. The van der Waals surface area contributed by atoms with Gasteiger partial charge in [0.25, 0.3) is 10.0 Å². The highest BCUT2D eigenvalue weighted by atomic mass is 32.2. The molecule has 0 aromatic heterocycles. The SMILES string of the molecule is Cc1ccc(S(=O)(=O)N2NC(c3ccccc3)=CC2c2cccc(F)c2)cc1. The molecular weight excluding hydrogens is 375 g/mol. The molecular formula is C22H19FN2O2S. The lowest BCUT2D eigenvalue weighted by atomic mass is 10.1. The normalized spacial score (nSPS) is 17.2. The van der Waals surface area contributed by atoms with E-state index in [1.807, 2.05) is 37.3 Å². The number of benzene rings is 3. The number of nitrogens with one attached hydrogen (secondary N) is 1. The van der Waals surface area contributed by atoms with Crippen LogP contribution in [0.4, 0.5) is 4.39 Å². The van der Waals surface area contributed by atoms with E-state index >= 15 is 0 Å². The molecule has 3 aromatic rings. The highest BCUT2D eigenvalue weighted by Gasteiger charge is 2.37. The van der Waals surface area contributed by atoms with Crippen LogP contribution in [0.5, 0.6) is 0 Å². The minimum absolute atomic E-state index is 0.176. The van der Waals surface area contributed by atoms with Crippen LogP contribution < -0.4 is 5.43 Å². The van der Waals surface area contributed by atoms with Crippen molar-refractivity contribution in [3.8, 4) is 0 Å². The lowest BCUT2D eigenvalue weighted by Gasteiger charge is -2.25. The molecule has 4 nitrogen and oxygen atoms in total. The van der Waals surface area contributed by atoms with Crippen LogP contribution in [0, 0.1) is 12.7 Å². The zero-order valence-electron chi connectivity index (χ0n) is 15.2. The summed E-state index contributed by atoms with van der Waals surface area (Å²) in [5, 5.41) is 0. The smallest absolute Gasteiger partial charge is 0.260 e. The predicted molar refractivity (Wildman–Crippen MR) is 107 cm³/mol. The standard InChI is InChI=1S/C22H19FN2O2S/c1-16-10-12-20(13-11-16)28(26,27)25-22(18-8-5-9-19(23)14-18)15-21(24-25)17-6-3-2-4-7-17/h2-15,22,24H,1H3. The van der Waals surface area contributed by atoms with Crippen molar-refractivity contribution in [1.29, 1.82) is 0 Å². The van der Waals surface area contributed by atoms with Crippen LogP contribution in [0.1, 0.15) is 22.7 Å². The second kappa shape index (κ2) is 7.22. The van der Waals surface area contributed by atoms with E-state index in [0.717, 1.165) is 11.1 Å². The number of sulfonamides is 1. The van der Waals surface area contributed by atoms with Gasteiger partial charge in [0, 0.05) is 0 Å². The highest BCUT2D eigenvalue weighted by molar-refractivity contribution is 7.89. The van der Waals surface area contributed by atoms with E-state index < -0.39 is 21.9 Å². The van der Waals surface area contributed by atoms with Crippen LogP contribution in [-0.4, -0.2) is 12.8 Å². The summed E-state index contributed by atoms with van der Waals surface area (Å²) < 4.78 is 41.7. The Morgan fingerprint density at radius 2 is 1.64 bits per heavy atom. The molecule has 6 heteroatoms. The lowest BCUT2D eigenvalue weighted by molar-refractivity contribution is 0.347. The van der Waals surface area contributed by atoms with Gasteiger partial charge < -0.3 is 5.43 Å². The van der Waals surface area contributed by atoms with Gasteiger partial charge in [-0.15, -0.1) is 4.41 Å². The molecule has 0 bridgehead atoms. The lowest BCUT2D eigenvalue weighted by Crippen LogP contribution is -2.39. The summed E-state index contributed by atoms with van der Waals surface area (Å²) in [6.07, 6.45) is 1.80. The van der Waals surface area contributed by atoms with Crippen molar-refractivity contribution in [2.75, 3.05) is 0 Å². The molecule has 4 rings (SSSR count). The van der Waals surface area contributed by atoms with Crippen molar-refractivity contribution in [3.05, 3.63) is 107 Å². The summed E-state index contributed by atoms with van der Waals surface area (Å²) in [5.41, 5.74) is 6.04. The number of rotatable bonds is 4. The number of hydrogen-bond acceptors (Lipinski definition) is 3. The third kappa shape index (κ3) is 3.44. The molecule has 0 saturated heterocycles. The fraction of sp³-hybridized carbons (Fsp3) is 0.0909. The van der Waals surface area contributed by atoms with E-state index in [2.05, 4.69) is 5.43 Å². The van der Waals surface area contributed by atoms with Crippen molar-refractivity contribution in [3.63, 3.8) is 0 Å². The van der Waals surface area contributed by atoms with Crippen LogP contribution in [0.25, 0.3) is 5.70 Å². The second-order valence-electron chi connectivity index (χ2n) is 6.67. The first-order valence-corrected chi connectivity index (χ1v) is 10.3. The monoisotopic (exact) mass is 394 g/mol. The van der Waals surface area contributed by atoms with E-state index in [1.54, 1.807) is 42.5 Å². The maximum atomic E-state index is 13.8. The number of halogens is 1. The fourth-order valence-corrected chi connectivity index (χ4v) is 4.59. The first-order valence-electron chi connectivity index (χ1n) is 8.85. The molecule has 1 aliphatic rings. The van der Waals surface area contributed by atoms with Gasteiger partial charge in [0.05, 0.1) is 16.6 Å². The van der Waals surface area contributed by atoms with Crippen LogP contribution in [0.15, 0.2) is 89.8 Å². The van der Waals surface area contributed by atoms with E-state index in [1.165, 1.54) is 16.5 Å². The van der Waals surface area contributed by atoms with Crippen LogP contribution in [0.2, 0.25) is 0 Å². The molecule has 0 amide bonds. The molecule has 0 aliphatic carbocycles. The Kier molecular flexibility index (Phi) is 4.75. The van der Waals surface area contributed by atoms with E-state index in [9.17, 15) is 12.8 Å². The predicted octanol–water partition coefficient (Wildman–Crippen LogP) is 4.43. The highest BCUT2D eigenvalue weighted by Crippen LogP contribution is 2.35. The number of nitrogens with zero attached hydrogens (tertiary/aromatic N) is 1. The quantitative estimate of drug-likeness (QED) is 0.712. The minimum Gasteiger partial charge on any atom is -0.304 e. The van der Waals surface area contributed by atoms with Crippen molar-refractivity contribution in [2.24, 2.45) is 0 Å². The molecule has 1 aliphatic heterocycles. The van der Waals surface area contributed by atoms with Gasteiger partial charge in [-0.25, -0.2) is 12.8 Å². The van der Waals surface area contributed by atoms with E-state index in [4.69, 9.17) is 0 Å². The van der Waals surface area contributed by atoms with Crippen molar-refractivity contribution >= 4 is 15.7 Å². The van der Waals surface area contributed by atoms with Gasteiger partial charge in [0.15, 0.2) is 0 Å². The zero-order chi connectivity index (χ0) is 19.7. The molecule has 3 aromatic carbocycles. The Balaban J connectivity index is 1.80. The Labute approximate surface area is 164 Å². The largest absolute Gasteiger partial charge is 0.304 e. The molecule has 0 spiro atoms. The van der Waals surface area contributed by atoms with Gasteiger partial charge in [0.2, 0.25) is 0 Å². The summed E-state index contributed by atoms with van der Waals surface area (Å²) in [7, 11) is -3.86. The van der Waals surface area contributed by atoms with Crippen LogP contribution in [-0.2, 0) is 10.0 Å². The fourth-order valence-electron chi connectivity index (χ4n) is 3.19. The molecule has 28 heavy (non-hydrogen) atoms. The Hall–Kier alpha value is -2.96. The minimum atomic E-state index is -3.86. The molecule has 0 radical (unpaired) electrons. The third-order valence-corrected chi connectivity index (χ3v) is 6.36.